The molecule has 30 heavy (non-hydrogen) atoms. The van der Waals surface area contributed by atoms with Gasteiger partial charge in [0.25, 0.3) is 0 Å². The highest BCUT2D eigenvalue weighted by Gasteiger charge is 2.26. The molecule has 0 bridgehead atoms. The predicted octanol–water partition coefficient (Wildman–Crippen LogP) is 5.85. The Morgan fingerprint density at radius 1 is 0.533 bits per heavy atom. The van der Waals surface area contributed by atoms with Crippen LogP contribution < -0.4 is 10.2 Å². The summed E-state index contributed by atoms with van der Waals surface area (Å²) in [5, 5.41) is 5.87. The quantitative estimate of drug-likeness (QED) is 0.178. The minimum absolute atomic E-state index is 0.262. The summed E-state index contributed by atoms with van der Waals surface area (Å²) >= 11 is 0. The molecule has 0 saturated heterocycles. The molecule has 10 heteroatoms. The van der Waals surface area contributed by atoms with Gasteiger partial charge in [-0.2, -0.15) is 0 Å². The van der Waals surface area contributed by atoms with Crippen LogP contribution in [0.2, 0.25) is 0 Å². The van der Waals surface area contributed by atoms with Gasteiger partial charge in [0.2, 0.25) is 0 Å². The zero-order valence-corrected chi connectivity index (χ0v) is 22.1. The first kappa shape index (κ1) is 30.2. The molecule has 0 spiro atoms. The molecule has 182 valence electrons. The zero-order chi connectivity index (χ0) is 23.2. The van der Waals surface area contributed by atoms with E-state index < -0.39 is 15.5 Å². The molecule has 0 atom stereocenters. The van der Waals surface area contributed by atoms with Crippen LogP contribution in [0.3, 0.4) is 0 Å². The molecule has 0 rings (SSSR count). The molecular weight excluding hydrogens is 426 g/mol. The molecule has 0 fully saturated rings. The summed E-state index contributed by atoms with van der Waals surface area (Å²) < 4.78 is 47.8. The molecule has 0 aromatic heterocycles. The maximum atomic E-state index is 12.9. The van der Waals surface area contributed by atoms with E-state index >= 15 is 0 Å². The third-order valence-electron chi connectivity index (χ3n) is 3.53. The smallest absolute Gasteiger partial charge is 0.297 e. The van der Waals surface area contributed by atoms with E-state index in [0.29, 0.717) is 52.4 Å². The van der Waals surface area contributed by atoms with Crippen molar-refractivity contribution in [2.45, 2.75) is 68.2 Å². The first-order chi connectivity index (χ1) is 13.9. The Kier molecular flexibility index (Phi) is 16.0. The minimum Gasteiger partial charge on any atom is -0.297 e. The van der Waals surface area contributed by atoms with E-state index in [1.54, 1.807) is 0 Å². The molecule has 0 unspecified atom stereocenters. The summed E-state index contributed by atoms with van der Waals surface area (Å²) in [5.41, 5.74) is 0. The fourth-order valence-corrected chi connectivity index (χ4v) is 5.28. The predicted molar refractivity (Wildman–Crippen MR) is 124 cm³/mol. The second kappa shape index (κ2) is 15.9. The third kappa shape index (κ3) is 16.9. The van der Waals surface area contributed by atoms with Crippen LogP contribution in [0.5, 0.6) is 0 Å². The van der Waals surface area contributed by atoms with E-state index in [1.165, 1.54) is 0 Å². The highest BCUT2D eigenvalue weighted by atomic mass is 31.2. The standard InChI is InChI=1S/C20H46N2O6P2/c1-17(2)13-25-29(23,26-14-18(3)4)21-11-9-10-12-22-30(24,27-15-19(5)6)28-16-20(7)8/h17-20H,9-16H2,1-8H3,(H,21,23)(H,22,24). The van der Waals surface area contributed by atoms with Crippen molar-refractivity contribution in [1.82, 2.24) is 10.2 Å². The number of rotatable bonds is 19. The molecule has 0 aliphatic rings. The fraction of sp³-hybridized carbons (Fsp3) is 1.00. The van der Waals surface area contributed by atoms with Crippen LogP contribution in [0.4, 0.5) is 0 Å². The van der Waals surface area contributed by atoms with Crippen molar-refractivity contribution in [2.24, 2.45) is 23.7 Å². The minimum atomic E-state index is -3.33. The van der Waals surface area contributed by atoms with E-state index in [2.05, 4.69) is 10.2 Å². The van der Waals surface area contributed by atoms with Gasteiger partial charge in [-0.25, -0.2) is 19.3 Å². The van der Waals surface area contributed by atoms with Gasteiger partial charge in [0.1, 0.15) is 0 Å². The first-order valence-electron chi connectivity index (χ1n) is 11.2. The van der Waals surface area contributed by atoms with Crippen LogP contribution in [-0.2, 0) is 27.2 Å². The van der Waals surface area contributed by atoms with Crippen LogP contribution in [0.1, 0.15) is 68.2 Å². The Hall–Kier alpha value is 0.220. The molecule has 2 N–H and O–H groups in total. The van der Waals surface area contributed by atoms with Gasteiger partial charge < -0.3 is 0 Å². The average Bonchev–Trinajstić information content (AvgIpc) is 2.65. The Morgan fingerprint density at radius 3 is 0.967 bits per heavy atom. The largest absolute Gasteiger partial charge is 0.405 e. The van der Waals surface area contributed by atoms with Gasteiger partial charge in [-0.05, 0) is 36.5 Å². The van der Waals surface area contributed by atoms with Gasteiger partial charge in [-0.3, -0.25) is 18.1 Å². The van der Waals surface area contributed by atoms with Crippen molar-refractivity contribution >= 4 is 15.5 Å². The van der Waals surface area contributed by atoms with Crippen molar-refractivity contribution < 1.29 is 27.2 Å². The molecule has 0 radical (unpaired) electrons. The summed E-state index contributed by atoms with van der Waals surface area (Å²) in [6.07, 6.45) is 1.42. The summed E-state index contributed by atoms with van der Waals surface area (Å²) in [6.45, 7) is 18.4. The van der Waals surface area contributed by atoms with Crippen molar-refractivity contribution in [3.8, 4) is 0 Å². The molecule has 0 aromatic carbocycles. The molecule has 0 saturated carbocycles. The summed E-state index contributed by atoms with van der Waals surface area (Å²) in [4.78, 5) is 0. The van der Waals surface area contributed by atoms with Crippen LogP contribution in [0.25, 0.3) is 0 Å². The van der Waals surface area contributed by atoms with Gasteiger partial charge in [0.05, 0.1) is 26.4 Å². The number of hydrogen-bond acceptors (Lipinski definition) is 6. The molecule has 0 heterocycles. The second-order valence-electron chi connectivity index (χ2n) is 9.28. The molecule has 0 amide bonds. The van der Waals surface area contributed by atoms with Gasteiger partial charge in [-0.1, -0.05) is 55.4 Å². The molecule has 0 aromatic rings. The van der Waals surface area contributed by atoms with Crippen LogP contribution in [0.15, 0.2) is 0 Å². The van der Waals surface area contributed by atoms with E-state index in [1.807, 2.05) is 55.4 Å². The van der Waals surface area contributed by atoms with Crippen LogP contribution >= 0.6 is 15.5 Å². The highest BCUT2D eigenvalue weighted by molar-refractivity contribution is 7.51. The zero-order valence-electron chi connectivity index (χ0n) is 20.3. The Morgan fingerprint density at radius 2 is 0.767 bits per heavy atom. The summed E-state index contributed by atoms with van der Waals surface area (Å²) in [6, 6.07) is 0. The third-order valence-corrected chi connectivity index (χ3v) is 6.70. The summed E-state index contributed by atoms with van der Waals surface area (Å²) in [5.74, 6) is 1.05. The lowest BCUT2D eigenvalue weighted by molar-refractivity contribution is 0.164. The second-order valence-corrected chi connectivity index (χ2v) is 12.9. The lowest BCUT2D eigenvalue weighted by Crippen LogP contribution is -2.22. The van der Waals surface area contributed by atoms with Gasteiger partial charge >= 0.3 is 15.5 Å². The first-order valence-corrected chi connectivity index (χ1v) is 14.2. The monoisotopic (exact) mass is 472 g/mol. The highest BCUT2D eigenvalue weighted by Crippen LogP contribution is 2.45. The van der Waals surface area contributed by atoms with Gasteiger partial charge in [-0.15, -0.1) is 0 Å². The van der Waals surface area contributed by atoms with E-state index in [0.717, 1.165) is 0 Å². The van der Waals surface area contributed by atoms with Crippen molar-refractivity contribution in [3.05, 3.63) is 0 Å². The van der Waals surface area contributed by atoms with Crippen molar-refractivity contribution in [1.29, 1.82) is 0 Å². The fourth-order valence-electron chi connectivity index (χ4n) is 1.93. The normalized spacial score (nSPS) is 13.3. The average molecular weight is 473 g/mol. The molecule has 0 aliphatic carbocycles. The maximum Gasteiger partial charge on any atom is 0.405 e. The van der Waals surface area contributed by atoms with Gasteiger partial charge in [0, 0.05) is 13.1 Å². The van der Waals surface area contributed by atoms with E-state index in [9.17, 15) is 9.13 Å². The SMILES string of the molecule is CC(C)COP(=O)(NCCCCNP(=O)(OCC(C)C)OCC(C)C)OCC(C)C. The maximum absolute atomic E-state index is 12.9. The van der Waals surface area contributed by atoms with Crippen molar-refractivity contribution in [3.63, 3.8) is 0 Å². The topological polar surface area (TPSA) is 95.1 Å². The lowest BCUT2D eigenvalue weighted by Gasteiger charge is -2.22. The molecule has 0 aliphatic heterocycles. The van der Waals surface area contributed by atoms with E-state index in [4.69, 9.17) is 18.1 Å². The molecule has 8 nitrogen and oxygen atoms in total. The van der Waals surface area contributed by atoms with Crippen LogP contribution in [-0.4, -0.2) is 39.5 Å². The number of nitrogens with one attached hydrogen (secondary N) is 2. The number of unbranched alkanes of at least 4 members (excludes halogenated alkanes) is 1. The Bertz CT molecular complexity index is 451. The van der Waals surface area contributed by atoms with E-state index in [-0.39, 0.29) is 23.7 Å². The van der Waals surface area contributed by atoms with Crippen molar-refractivity contribution in [2.75, 3.05) is 39.5 Å². The Balaban J connectivity index is 4.44. The Labute approximate surface area is 184 Å². The summed E-state index contributed by atoms with van der Waals surface area (Å²) in [7, 11) is -6.65. The van der Waals surface area contributed by atoms with Gasteiger partial charge in [0.15, 0.2) is 0 Å². The molecular formula is C20H46N2O6P2. The number of hydrogen-bond donors (Lipinski definition) is 2. The van der Waals surface area contributed by atoms with Crippen LogP contribution in [0, 0.1) is 23.7 Å². The lowest BCUT2D eigenvalue weighted by atomic mass is 10.2.